The van der Waals surface area contributed by atoms with Crippen molar-refractivity contribution in [2.75, 3.05) is 0 Å². The van der Waals surface area contributed by atoms with Crippen LogP contribution in [-0.2, 0) is 0 Å². The largest absolute Gasteiger partial charge is 0.302 e. The van der Waals surface area contributed by atoms with E-state index in [2.05, 4.69) is 33.0 Å². The zero-order valence-corrected chi connectivity index (χ0v) is 12.0. The normalized spacial score (nSPS) is 11.1. The molecule has 2 nitrogen and oxygen atoms in total. The van der Waals surface area contributed by atoms with Crippen LogP contribution >= 0.6 is 27.5 Å². The molecule has 90 valence electrons. The Morgan fingerprint density at radius 2 is 2.06 bits per heavy atom. The van der Waals surface area contributed by atoms with Gasteiger partial charge in [-0.15, -0.1) is 0 Å². The Balaban J connectivity index is 2.27. The lowest BCUT2D eigenvalue weighted by molar-refractivity contribution is 1.11. The van der Waals surface area contributed by atoms with Gasteiger partial charge in [0.2, 0.25) is 0 Å². The smallest absolute Gasteiger partial charge is 0.137 e. The zero-order chi connectivity index (χ0) is 12.7. The van der Waals surface area contributed by atoms with Crippen molar-refractivity contribution in [2.45, 2.75) is 6.92 Å². The van der Waals surface area contributed by atoms with Crippen LogP contribution in [0.2, 0.25) is 5.02 Å². The van der Waals surface area contributed by atoms with E-state index >= 15 is 0 Å². The third-order valence-corrected chi connectivity index (χ3v) is 3.64. The molecule has 0 atom stereocenters. The van der Waals surface area contributed by atoms with E-state index in [0.29, 0.717) is 5.02 Å². The van der Waals surface area contributed by atoms with Crippen LogP contribution in [0.5, 0.6) is 0 Å². The summed E-state index contributed by atoms with van der Waals surface area (Å²) in [6.45, 7) is 2.05. The molecule has 4 heteroatoms. The highest BCUT2D eigenvalue weighted by Crippen LogP contribution is 2.26. The highest BCUT2D eigenvalue weighted by atomic mass is 79.9. The first-order valence-electron chi connectivity index (χ1n) is 5.55. The molecule has 0 aliphatic carbocycles. The molecule has 0 aliphatic heterocycles. The number of fused-ring (bicyclic) bond motifs is 1. The van der Waals surface area contributed by atoms with E-state index in [4.69, 9.17) is 11.6 Å². The van der Waals surface area contributed by atoms with Crippen molar-refractivity contribution in [2.24, 2.45) is 0 Å². The van der Waals surface area contributed by atoms with E-state index < -0.39 is 0 Å². The second kappa shape index (κ2) is 4.41. The van der Waals surface area contributed by atoms with Crippen molar-refractivity contribution in [1.82, 2.24) is 9.38 Å². The molecule has 2 heterocycles. The number of imidazole rings is 1. The summed E-state index contributed by atoms with van der Waals surface area (Å²) in [6, 6.07) is 11.9. The quantitative estimate of drug-likeness (QED) is 0.633. The molecule has 0 radical (unpaired) electrons. The second-order valence-corrected chi connectivity index (χ2v) is 5.48. The first-order valence-corrected chi connectivity index (χ1v) is 6.72. The highest BCUT2D eigenvalue weighted by Gasteiger charge is 2.10. The SMILES string of the molecule is Cc1c(-c2cccc(Br)c2)nc2ccc(Cl)cn12. The number of benzene rings is 1. The predicted octanol–water partition coefficient (Wildman–Crippen LogP) is 4.73. The van der Waals surface area contributed by atoms with E-state index in [-0.39, 0.29) is 0 Å². The van der Waals surface area contributed by atoms with Crippen LogP contribution in [0, 0.1) is 6.92 Å². The maximum Gasteiger partial charge on any atom is 0.137 e. The van der Waals surface area contributed by atoms with Crippen molar-refractivity contribution in [3.63, 3.8) is 0 Å². The molecule has 0 N–H and O–H groups in total. The topological polar surface area (TPSA) is 17.3 Å². The summed E-state index contributed by atoms with van der Waals surface area (Å²) < 4.78 is 3.06. The van der Waals surface area contributed by atoms with Crippen LogP contribution in [0.4, 0.5) is 0 Å². The van der Waals surface area contributed by atoms with Crippen molar-refractivity contribution in [3.05, 3.63) is 57.8 Å². The van der Waals surface area contributed by atoms with Crippen LogP contribution in [0.15, 0.2) is 47.1 Å². The standard InChI is InChI=1S/C14H10BrClN2/c1-9-14(10-3-2-4-11(15)7-10)17-13-6-5-12(16)8-18(9)13/h2-8H,1H3. The van der Waals surface area contributed by atoms with Gasteiger partial charge in [0.15, 0.2) is 0 Å². The van der Waals surface area contributed by atoms with E-state index in [1.54, 1.807) is 0 Å². The number of aromatic nitrogens is 2. The van der Waals surface area contributed by atoms with Crippen molar-refractivity contribution in [1.29, 1.82) is 0 Å². The monoisotopic (exact) mass is 320 g/mol. The first kappa shape index (κ1) is 11.8. The molecule has 0 saturated heterocycles. The Kier molecular flexibility index (Phi) is 2.88. The van der Waals surface area contributed by atoms with E-state index in [0.717, 1.165) is 27.1 Å². The summed E-state index contributed by atoms with van der Waals surface area (Å²) in [5, 5.41) is 0.712. The molecule has 3 aromatic rings. The fraction of sp³-hybridized carbons (Fsp3) is 0.0714. The van der Waals surface area contributed by atoms with Crippen LogP contribution < -0.4 is 0 Å². The summed E-state index contributed by atoms with van der Waals surface area (Å²) in [5.74, 6) is 0. The van der Waals surface area contributed by atoms with Crippen molar-refractivity contribution in [3.8, 4) is 11.3 Å². The van der Waals surface area contributed by atoms with Gasteiger partial charge in [-0.1, -0.05) is 39.7 Å². The Hall–Kier alpha value is -1.32. The van der Waals surface area contributed by atoms with Crippen molar-refractivity contribution >= 4 is 33.2 Å². The van der Waals surface area contributed by atoms with Crippen LogP contribution in [-0.4, -0.2) is 9.38 Å². The van der Waals surface area contributed by atoms with E-state index in [1.807, 2.05) is 41.8 Å². The maximum absolute atomic E-state index is 6.02. The molecule has 0 unspecified atom stereocenters. The molecular formula is C14H10BrClN2. The van der Waals surface area contributed by atoms with E-state index in [9.17, 15) is 0 Å². The number of halogens is 2. The van der Waals surface area contributed by atoms with Gasteiger partial charge in [0, 0.05) is 21.9 Å². The molecule has 1 aromatic carbocycles. The number of pyridine rings is 1. The second-order valence-electron chi connectivity index (χ2n) is 4.13. The van der Waals surface area contributed by atoms with Crippen LogP contribution in [0.1, 0.15) is 5.69 Å². The molecule has 0 aliphatic rings. The van der Waals surface area contributed by atoms with Gasteiger partial charge >= 0.3 is 0 Å². The van der Waals surface area contributed by atoms with Gasteiger partial charge in [0.1, 0.15) is 5.65 Å². The van der Waals surface area contributed by atoms with Gasteiger partial charge < -0.3 is 4.40 Å². The lowest BCUT2D eigenvalue weighted by Crippen LogP contribution is -1.87. The summed E-state index contributed by atoms with van der Waals surface area (Å²) in [5.41, 5.74) is 4.08. The number of nitrogens with zero attached hydrogens (tertiary/aromatic N) is 2. The molecule has 0 spiro atoms. The molecule has 0 fully saturated rings. The average Bonchev–Trinajstić information content (AvgIpc) is 2.67. The molecule has 2 aromatic heterocycles. The van der Waals surface area contributed by atoms with E-state index in [1.165, 1.54) is 0 Å². The zero-order valence-electron chi connectivity index (χ0n) is 9.69. The Labute approximate surface area is 118 Å². The number of hydrogen-bond acceptors (Lipinski definition) is 1. The Morgan fingerprint density at radius 3 is 2.83 bits per heavy atom. The van der Waals surface area contributed by atoms with Gasteiger partial charge in [-0.3, -0.25) is 0 Å². The van der Waals surface area contributed by atoms with Gasteiger partial charge in [-0.05, 0) is 31.2 Å². The minimum atomic E-state index is 0.712. The third-order valence-electron chi connectivity index (χ3n) is 2.92. The molecule has 0 bridgehead atoms. The predicted molar refractivity (Wildman–Crippen MR) is 78.1 cm³/mol. The lowest BCUT2D eigenvalue weighted by atomic mass is 10.1. The number of hydrogen-bond donors (Lipinski definition) is 0. The summed E-state index contributed by atoms with van der Waals surface area (Å²) in [4.78, 5) is 4.65. The molecule has 0 saturated carbocycles. The minimum Gasteiger partial charge on any atom is -0.302 e. The molecule has 3 rings (SSSR count). The van der Waals surface area contributed by atoms with Gasteiger partial charge in [-0.2, -0.15) is 0 Å². The Bertz CT molecular complexity index is 734. The lowest BCUT2D eigenvalue weighted by Gasteiger charge is -2.00. The highest BCUT2D eigenvalue weighted by molar-refractivity contribution is 9.10. The van der Waals surface area contributed by atoms with Crippen LogP contribution in [0.25, 0.3) is 16.9 Å². The molecule has 0 amide bonds. The van der Waals surface area contributed by atoms with Crippen molar-refractivity contribution < 1.29 is 0 Å². The summed E-state index contributed by atoms with van der Waals surface area (Å²) in [7, 11) is 0. The van der Waals surface area contributed by atoms with Gasteiger partial charge in [-0.25, -0.2) is 4.98 Å². The average molecular weight is 322 g/mol. The molecule has 18 heavy (non-hydrogen) atoms. The Morgan fingerprint density at radius 1 is 1.22 bits per heavy atom. The summed E-state index contributed by atoms with van der Waals surface area (Å²) in [6.07, 6.45) is 1.89. The first-order chi connectivity index (χ1) is 8.65. The summed E-state index contributed by atoms with van der Waals surface area (Å²) >= 11 is 9.50. The van der Waals surface area contributed by atoms with Gasteiger partial charge in [0.05, 0.1) is 10.7 Å². The fourth-order valence-corrected chi connectivity index (χ4v) is 2.61. The third kappa shape index (κ3) is 1.93. The number of rotatable bonds is 1. The maximum atomic E-state index is 6.02. The molecular weight excluding hydrogens is 312 g/mol. The van der Waals surface area contributed by atoms with Crippen LogP contribution in [0.3, 0.4) is 0 Å². The fourth-order valence-electron chi connectivity index (χ4n) is 2.05. The number of aryl methyl sites for hydroxylation is 1. The minimum absolute atomic E-state index is 0.712. The van der Waals surface area contributed by atoms with Gasteiger partial charge in [0.25, 0.3) is 0 Å².